The summed E-state index contributed by atoms with van der Waals surface area (Å²) in [5.74, 6) is 0.0599. The molecule has 3 N–H and O–H groups in total. The summed E-state index contributed by atoms with van der Waals surface area (Å²) in [6, 6.07) is 6.25. The number of rotatable bonds is 6. The van der Waals surface area contributed by atoms with Crippen LogP contribution in [0.2, 0.25) is 0 Å². The van der Waals surface area contributed by atoms with E-state index < -0.39 is 0 Å². The van der Waals surface area contributed by atoms with Crippen molar-refractivity contribution in [2.24, 2.45) is 5.73 Å². The predicted octanol–water partition coefficient (Wildman–Crippen LogP) is 2.48. The maximum absolute atomic E-state index is 11.9. The fourth-order valence-electron chi connectivity index (χ4n) is 2.65. The largest absolute Gasteiger partial charge is 0.328 e. The molecule has 1 aromatic carbocycles. The quantitative estimate of drug-likeness (QED) is 0.838. The Balaban J connectivity index is 2.01. The lowest BCUT2D eigenvalue weighted by Crippen LogP contribution is -2.20. The first-order chi connectivity index (χ1) is 9.60. The monoisotopic (exact) mass is 275 g/mol. The summed E-state index contributed by atoms with van der Waals surface area (Å²) in [4.78, 5) is 14.4. The van der Waals surface area contributed by atoms with Gasteiger partial charge in [0.2, 0.25) is 5.91 Å². The average Bonchev–Trinajstić information content (AvgIpc) is 2.80. The number of fused-ring (bicyclic) bond motifs is 1. The number of hydrogen-bond acceptors (Lipinski definition) is 3. The summed E-state index contributed by atoms with van der Waals surface area (Å²) in [5, 5.41) is 3.04. The van der Waals surface area contributed by atoms with Gasteiger partial charge in [0.1, 0.15) is 0 Å². The third-order valence-electron chi connectivity index (χ3n) is 3.69. The number of anilines is 1. The van der Waals surface area contributed by atoms with Gasteiger partial charge in [-0.25, -0.2) is 0 Å². The van der Waals surface area contributed by atoms with Crippen LogP contribution in [-0.2, 0) is 17.9 Å². The Morgan fingerprint density at radius 3 is 2.95 bits per heavy atom. The molecule has 1 aliphatic heterocycles. The molecule has 1 atom stereocenters. The van der Waals surface area contributed by atoms with Gasteiger partial charge in [-0.2, -0.15) is 0 Å². The predicted molar refractivity (Wildman–Crippen MR) is 82.4 cm³/mol. The highest BCUT2D eigenvalue weighted by Gasteiger charge is 2.21. The van der Waals surface area contributed by atoms with Gasteiger partial charge in [-0.05, 0) is 43.5 Å². The van der Waals surface area contributed by atoms with E-state index in [1.54, 1.807) is 0 Å². The second kappa shape index (κ2) is 6.86. The first-order valence-electron chi connectivity index (χ1n) is 7.48. The molecule has 2 rings (SSSR count). The molecule has 4 nitrogen and oxygen atoms in total. The zero-order chi connectivity index (χ0) is 14.5. The first-order valence-corrected chi connectivity index (χ1v) is 7.48. The Labute approximate surface area is 121 Å². The highest BCUT2D eigenvalue weighted by atomic mass is 16.1. The minimum absolute atomic E-state index is 0.0599. The zero-order valence-corrected chi connectivity index (χ0v) is 12.5. The molecular formula is C16H25N3O. The van der Waals surface area contributed by atoms with Crippen molar-refractivity contribution < 1.29 is 4.79 Å². The van der Waals surface area contributed by atoms with Crippen molar-refractivity contribution in [1.82, 2.24) is 4.90 Å². The molecule has 1 heterocycles. The van der Waals surface area contributed by atoms with Crippen molar-refractivity contribution in [2.75, 3.05) is 11.9 Å². The van der Waals surface area contributed by atoms with Crippen LogP contribution in [0.4, 0.5) is 5.69 Å². The molecule has 0 saturated carbocycles. The van der Waals surface area contributed by atoms with E-state index in [2.05, 4.69) is 23.2 Å². The van der Waals surface area contributed by atoms with Crippen LogP contribution in [0.25, 0.3) is 0 Å². The van der Waals surface area contributed by atoms with Crippen molar-refractivity contribution >= 4 is 11.6 Å². The zero-order valence-electron chi connectivity index (χ0n) is 12.5. The summed E-state index contributed by atoms with van der Waals surface area (Å²) in [6.07, 6.45) is 2.37. The van der Waals surface area contributed by atoms with Crippen LogP contribution >= 0.6 is 0 Å². The first kappa shape index (κ1) is 15.0. The topological polar surface area (TPSA) is 58.4 Å². The maximum atomic E-state index is 11.9. The standard InChI is InChI=1S/C16H25N3O/c1-3-9-19-10-13-5-4-6-15(14(13)11-19)18-16(20)8-7-12(2)17/h4-6,12H,3,7-11,17H2,1-2H3,(H,18,20). The van der Waals surface area contributed by atoms with Crippen molar-refractivity contribution in [1.29, 1.82) is 0 Å². The van der Waals surface area contributed by atoms with Gasteiger partial charge in [-0.1, -0.05) is 19.1 Å². The minimum Gasteiger partial charge on any atom is -0.328 e. The van der Waals surface area contributed by atoms with Gasteiger partial charge in [-0.3, -0.25) is 9.69 Å². The third-order valence-corrected chi connectivity index (χ3v) is 3.69. The molecule has 1 aliphatic rings. The van der Waals surface area contributed by atoms with Gasteiger partial charge in [0.25, 0.3) is 0 Å². The number of nitrogens with one attached hydrogen (secondary N) is 1. The van der Waals surface area contributed by atoms with Crippen LogP contribution < -0.4 is 11.1 Å². The molecule has 0 fully saturated rings. The van der Waals surface area contributed by atoms with Crippen LogP contribution in [0.1, 0.15) is 44.2 Å². The molecule has 0 spiro atoms. The summed E-state index contributed by atoms with van der Waals surface area (Å²) in [6.45, 7) is 7.15. The third kappa shape index (κ3) is 3.81. The molecule has 1 aromatic rings. The van der Waals surface area contributed by atoms with Crippen LogP contribution in [0, 0.1) is 0 Å². The van der Waals surface area contributed by atoms with Gasteiger partial charge in [-0.15, -0.1) is 0 Å². The molecule has 1 unspecified atom stereocenters. The second-order valence-electron chi connectivity index (χ2n) is 5.72. The summed E-state index contributed by atoms with van der Waals surface area (Å²) in [7, 11) is 0. The second-order valence-corrected chi connectivity index (χ2v) is 5.72. The highest BCUT2D eigenvalue weighted by Crippen LogP contribution is 2.29. The normalized spacial score (nSPS) is 15.9. The van der Waals surface area contributed by atoms with Gasteiger partial charge >= 0.3 is 0 Å². The van der Waals surface area contributed by atoms with E-state index in [-0.39, 0.29) is 11.9 Å². The number of carbonyl (C=O) groups excluding carboxylic acids is 1. The van der Waals surface area contributed by atoms with Crippen LogP contribution in [-0.4, -0.2) is 23.4 Å². The van der Waals surface area contributed by atoms with Crippen LogP contribution in [0.15, 0.2) is 18.2 Å². The number of nitrogens with zero attached hydrogens (tertiary/aromatic N) is 1. The van der Waals surface area contributed by atoms with Crippen LogP contribution in [0.5, 0.6) is 0 Å². The minimum atomic E-state index is 0.0599. The summed E-state index contributed by atoms with van der Waals surface area (Å²) < 4.78 is 0. The molecule has 4 heteroatoms. The Morgan fingerprint density at radius 2 is 2.25 bits per heavy atom. The fourth-order valence-corrected chi connectivity index (χ4v) is 2.65. The van der Waals surface area contributed by atoms with E-state index in [1.165, 1.54) is 11.1 Å². The lowest BCUT2D eigenvalue weighted by atomic mass is 10.1. The number of carbonyl (C=O) groups is 1. The molecule has 0 bridgehead atoms. The van der Waals surface area contributed by atoms with E-state index in [1.807, 2.05) is 19.1 Å². The lowest BCUT2D eigenvalue weighted by molar-refractivity contribution is -0.116. The smallest absolute Gasteiger partial charge is 0.224 e. The van der Waals surface area contributed by atoms with Crippen LogP contribution in [0.3, 0.4) is 0 Å². The lowest BCUT2D eigenvalue weighted by Gasteiger charge is -2.13. The molecule has 0 aromatic heterocycles. The van der Waals surface area contributed by atoms with E-state index in [4.69, 9.17) is 5.73 Å². The van der Waals surface area contributed by atoms with Crippen molar-refractivity contribution in [2.45, 2.75) is 52.2 Å². The van der Waals surface area contributed by atoms with Gasteiger partial charge in [0.05, 0.1) is 0 Å². The van der Waals surface area contributed by atoms with E-state index in [0.29, 0.717) is 6.42 Å². The van der Waals surface area contributed by atoms with E-state index >= 15 is 0 Å². The van der Waals surface area contributed by atoms with Gasteiger partial charge < -0.3 is 11.1 Å². The Kier molecular flexibility index (Phi) is 5.15. The Bertz CT molecular complexity index is 471. The summed E-state index contributed by atoms with van der Waals surface area (Å²) >= 11 is 0. The number of hydrogen-bond donors (Lipinski definition) is 2. The van der Waals surface area contributed by atoms with Crippen molar-refractivity contribution in [3.05, 3.63) is 29.3 Å². The molecule has 1 amide bonds. The Morgan fingerprint density at radius 1 is 1.45 bits per heavy atom. The molecule has 20 heavy (non-hydrogen) atoms. The molecular weight excluding hydrogens is 250 g/mol. The van der Waals surface area contributed by atoms with Gasteiger partial charge in [0, 0.05) is 31.2 Å². The molecule has 110 valence electrons. The number of nitrogens with two attached hydrogens (primary N) is 1. The van der Waals surface area contributed by atoms with Gasteiger partial charge in [0.15, 0.2) is 0 Å². The SMILES string of the molecule is CCCN1Cc2cccc(NC(=O)CCC(C)N)c2C1. The summed E-state index contributed by atoms with van der Waals surface area (Å²) in [5.41, 5.74) is 9.27. The molecule has 0 aliphatic carbocycles. The Hall–Kier alpha value is -1.39. The highest BCUT2D eigenvalue weighted by molar-refractivity contribution is 5.91. The fraction of sp³-hybridized carbons (Fsp3) is 0.562. The maximum Gasteiger partial charge on any atom is 0.224 e. The van der Waals surface area contributed by atoms with E-state index in [0.717, 1.165) is 38.2 Å². The van der Waals surface area contributed by atoms with Crippen molar-refractivity contribution in [3.63, 3.8) is 0 Å². The molecule has 0 radical (unpaired) electrons. The van der Waals surface area contributed by atoms with E-state index in [9.17, 15) is 4.79 Å². The van der Waals surface area contributed by atoms with Crippen molar-refractivity contribution in [3.8, 4) is 0 Å². The molecule has 0 saturated heterocycles. The number of amides is 1. The average molecular weight is 275 g/mol. The number of benzene rings is 1.